The largest absolute Gasteiger partial charge is 0.497 e. The van der Waals surface area contributed by atoms with E-state index in [2.05, 4.69) is 27.5 Å². The minimum Gasteiger partial charge on any atom is -0.497 e. The number of anilines is 1. The molecule has 1 saturated carbocycles. The van der Waals surface area contributed by atoms with Crippen LogP contribution in [-0.2, 0) is 6.54 Å². The fraction of sp³-hybridized carbons (Fsp3) is 0.350. The van der Waals surface area contributed by atoms with Crippen LogP contribution in [0.15, 0.2) is 28.9 Å². The minimum atomic E-state index is -0.262. The fourth-order valence-electron chi connectivity index (χ4n) is 3.07. The summed E-state index contributed by atoms with van der Waals surface area (Å²) in [4.78, 5) is 21.5. The molecular formula is C20H21ClN4O3. The van der Waals surface area contributed by atoms with Crippen LogP contribution < -0.4 is 15.4 Å². The molecule has 1 amide bonds. The molecule has 3 aromatic rings. The molecule has 0 atom stereocenters. The number of methoxy groups -OCH3 is 1. The topological polar surface area (TPSA) is 89.3 Å². The number of halogens is 1. The lowest BCUT2D eigenvalue weighted by Gasteiger charge is -2.13. The molecule has 2 N–H and O–H groups in total. The predicted molar refractivity (Wildman–Crippen MR) is 107 cm³/mol. The van der Waals surface area contributed by atoms with Crippen LogP contribution in [0.1, 0.15) is 41.4 Å². The summed E-state index contributed by atoms with van der Waals surface area (Å²) in [5, 5.41) is 7.46. The first kappa shape index (κ1) is 18.6. The zero-order chi connectivity index (χ0) is 19.9. The van der Waals surface area contributed by atoms with Gasteiger partial charge in [-0.05, 0) is 44.4 Å². The number of furan rings is 1. The van der Waals surface area contributed by atoms with Gasteiger partial charge in [0.25, 0.3) is 5.91 Å². The average Bonchev–Trinajstić information content (AvgIpc) is 3.28. The molecule has 7 nitrogen and oxygen atoms in total. The smallest absolute Gasteiger partial charge is 0.255 e. The Labute approximate surface area is 167 Å². The summed E-state index contributed by atoms with van der Waals surface area (Å²) in [5.41, 5.74) is 1.64. The van der Waals surface area contributed by atoms with E-state index in [9.17, 15) is 4.79 Å². The van der Waals surface area contributed by atoms with E-state index in [1.807, 2.05) is 6.07 Å². The molecule has 0 unspecified atom stereocenters. The Hall–Kier alpha value is -2.80. The number of rotatable bonds is 6. The second kappa shape index (κ2) is 6.98. The molecule has 2 aromatic heterocycles. The molecule has 28 heavy (non-hydrogen) atoms. The number of hydrogen-bond acceptors (Lipinski definition) is 6. The summed E-state index contributed by atoms with van der Waals surface area (Å²) in [7, 11) is 1.58. The van der Waals surface area contributed by atoms with Gasteiger partial charge in [-0.25, -0.2) is 9.97 Å². The number of benzene rings is 1. The van der Waals surface area contributed by atoms with Crippen LogP contribution in [0.2, 0.25) is 5.02 Å². The third-order valence-corrected chi connectivity index (χ3v) is 5.36. The fourth-order valence-corrected chi connectivity index (χ4v) is 3.31. The maximum atomic E-state index is 13.0. The van der Waals surface area contributed by atoms with E-state index in [4.69, 9.17) is 20.8 Å². The summed E-state index contributed by atoms with van der Waals surface area (Å²) >= 11 is 6.27. The van der Waals surface area contributed by atoms with Crippen molar-refractivity contribution in [1.29, 1.82) is 0 Å². The van der Waals surface area contributed by atoms with Gasteiger partial charge in [-0.1, -0.05) is 17.7 Å². The van der Waals surface area contributed by atoms with Crippen molar-refractivity contribution in [3.63, 3.8) is 0 Å². The zero-order valence-electron chi connectivity index (χ0n) is 15.9. The SMILES string of the molecule is COc1ccc(CNC(=O)c2c(C)oc3ncnc(NC4(C)CC4)c23)c(Cl)c1. The summed E-state index contributed by atoms with van der Waals surface area (Å²) in [6.45, 7) is 4.15. The lowest BCUT2D eigenvalue weighted by atomic mass is 10.1. The number of nitrogens with one attached hydrogen (secondary N) is 2. The number of hydrogen-bond donors (Lipinski definition) is 2. The quantitative estimate of drug-likeness (QED) is 0.647. The maximum absolute atomic E-state index is 13.0. The van der Waals surface area contributed by atoms with Crippen molar-refractivity contribution in [1.82, 2.24) is 15.3 Å². The number of carbonyl (C=O) groups is 1. The van der Waals surface area contributed by atoms with Crippen LogP contribution in [-0.4, -0.2) is 28.5 Å². The van der Waals surface area contributed by atoms with Gasteiger partial charge in [0.15, 0.2) is 0 Å². The Balaban J connectivity index is 1.61. The van der Waals surface area contributed by atoms with Crippen molar-refractivity contribution in [3.8, 4) is 5.75 Å². The minimum absolute atomic E-state index is 0.0107. The molecule has 0 radical (unpaired) electrons. The molecule has 2 heterocycles. The van der Waals surface area contributed by atoms with Crippen molar-refractivity contribution in [2.75, 3.05) is 12.4 Å². The average molecular weight is 401 g/mol. The van der Waals surface area contributed by atoms with Crippen molar-refractivity contribution >= 4 is 34.4 Å². The number of carbonyl (C=O) groups excluding carboxylic acids is 1. The van der Waals surface area contributed by atoms with E-state index in [-0.39, 0.29) is 18.0 Å². The molecule has 1 aliphatic carbocycles. The van der Waals surface area contributed by atoms with Crippen LogP contribution in [0.5, 0.6) is 5.75 Å². The highest BCUT2D eigenvalue weighted by Gasteiger charge is 2.38. The van der Waals surface area contributed by atoms with Crippen LogP contribution in [0.4, 0.5) is 5.82 Å². The summed E-state index contributed by atoms with van der Waals surface area (Å²) < 4.78 is 10.9. The van der Waals surface area contributed by atoms with Crippen molar-refractivity contribution < 1.29 is 13.9 Å². The molecule has 8 heteroatoms. The highest BCUT2D eigenvalue weighted by atomic mass is 35.5. The highest BCUT2D eigenvalue weighted by Crippen LogP contribution is 2.40. The van der Waals surface area contributed by atoms with Crippen molar-refractivity contribution in [3.05, 3.63) is 46.4 Å². The molecule has 1 aliphatic rings. The molecule has 146 valence electrons. The summed E-state index contributed by atoms with van der Waals surface area (Å²) in [6.07, 6.45) is 3.57. The first-order valence-corrected chi connectivity index (χ1v) is 9.41. The van der Waals surface area contributed by atoms with Gasteiger partial charge in [-0.3, -0.25) is 4.79 Å². The number of ether oxygens (including phenoxy) is 1. The lowest BCUT2D eigenvalue weighted by Crippen LogP contribution is -2.24. The second-order valence-corrected chi connectivity index (χ2v) is 7.67. The standard InChI is InChI=1S/C20H21ClN4O3/c1-11-15(18(26)22-9-12-4-5-13(27-3)8-14(12)21)16-17(25-20(2)6-7-20)23-10-24-19(16)28-11/h4-5,8,10H,6-7,9H2,1-3H3,(H,22,26)(H,23,24,25). The number of aryl methyl sites for hydroxylation is 1. The van der Waals surface area contributed by atoms with Crippen molar-refractivity contribution in [2.45, 2.75) is 38.8 Å². The third-order valence-electron chi connectivity index (χ3n) is 5.01. The molecular weight excluding hydrogens is 380 g/mol. The first-order valence-electron chi connectivity index (χ1n) is 9.03. The van der Waals surface area contributed by atoms with Gasteiger partial charge in [0.2, 0.25) is 5.71 Å². The Morgan fingerprint density at radius 1 is 1.36 bits per heavy atom. The molecule has 0 saturated heterocycles. The number of nitrogens with zero attached hydrogens (tertiary/aromatic N) is 2. The van der Waals surface area contributed by atoms with Gasteiger partial charge in [0.1, 0.15) is 23.7 Å². The Morgan fingerprint density at radius 2 is 2.14 bits per heavy atom. The highest BCUT2D eigenvalue weighted by molar-refractivity contribution is 6.31. The molecule has 0 aliphatic heterocycles. The molecule has 1 fully saturated rings. The van der Waals surface area contributed by atoms with Crippen LogP contribution in [0, 0.1) is 6.92 Å². The second-order valence-electron chi connectivity index (χ2n) is 7.26. The Morgan fingerprint density at radius 3 is 2.82 bits per heavy atom. The van der Waals surface area contributed by atoms with E-state index >= 15 is 0 Å². The molecule has 0 spiro atoms. The zero-order valence-corrected chi connectivity index (χ0v) is 16.7. The van der Waals surface area contributed by atoms with Gasteiger partial charge in [0.05, 0.1) is 18.1 Å². The van der Waals surface area contributed by atoms with Gasteiger partial charge in [0, 0.05) is 17.1 Å². The first-order chi connectivity index (χ1) is 13.4. The van der Waals surface area contributed by atoms with E-state index < -0.39 is 0 Å². The third kappa shape index (κ3) is 3.49. The monoisotopic (exact) mass is 400 g/mol. The van der Waals surface area contributed by atoms with Crippen LogP contribution >= 0.6 is 11.6 Å². The van der Waals surface area contributed by atoms with E-state index in [1.165, 1.54) is 6.33 Å². The van der Waals surface area contributed by atoms with Crippen LogP contribution in [0.25, 0.3) is 11.1 Å². The van der Waals surface area contributed by atoms with Gasteiger partial charge < -0.3 is 19.8 Å². The number of aromatic nitrogens is 2. The summed E-state index contributed by atoms with van der Waals surface area (Å²) in [5.74, 6) is 1.52. The van der Waals surface area contributed by atoms with E-state index in [0.717, 1.165) is 18.4 Å². The van der Waals surface area contributed by atoms with Gasteiger partial charge in [-0.15, -0.1) is 0 Å². The molecule has 1 aromatic carbocycles. The lowest BCUT2D eigenvalue weighted by molar-refractivity contribution is 0.0951. The maximum Gasteiger partial charge on any atom is 0.255 e. The predicted octanol–water partition coefficient (Wildman–Crippen LogP) is 4.09. The number of amides is 1. The van der Waals surface area contributed by atoms with E-state index in [0.29, 0.717) is 39.0 Å². The summed E-state index contributed by atoms with van der Waals surface area (Å²) in [6, 6.07) is 5.34. The number of fused-ring (bicyclic) bond motifs is 1. The van der Waals surface area contributed by atoms with E-state index in [1.54, 1.807) is 26.2 Å². The molecule has 4 rings (SSSR count). The van der Waals surface area contributed by atoms with Gasteiger partial charge in [-0.2, -0.15) is 0 Å². The van der Waals surface area contributed by atoms with Gasteiger partial charge >= 0.3 is 0 Å². The molecule has 0 bridgehead atoms. The Bertz CT molecular complexity index is 1060. The Kier molecular flexibility index (Phi) is 4.63. The van der Waals surface area contributed by atoms with Crippen LogP contribution in [0.3, 0.4) is 0 Å². The van der Waals surface area contributed by atoms with Crippen molar-refractivity contribution in [2.24, 2.45) is 0 Å². The normalized spacial score (nSPS) is 14.7.